The van der Waals surface area contributed by atoms with Crippen LogP contribution in [0, 0.1) is 13.0 Å². The number of hydrogen-bond acceptors (Lipinski definition) is 2. The van der Waals surface area contributed by atoms with Crippen LogP contribution in [0.3, 0.4) is 0 Å². The van der Waals surface area contributed by atoms with E-state index in [9.17, 15) is 9.18 Å². The molecule has 0 bridgehead atoms. The zero-order valence-electron chi connectivity index (χ0n) is 7.31. The van der Waals surface area contributed by atoms with Crippen molar-refractivity contribution in [3.63, 3.8) is 0 Å². The molecule has 0 atom stereocenters. The van der Waals surface area contributed by atoms with Crippen LogP contribution in [0.25, 0.3) is 0 Å². The van der Waals surface area contributed by atoms with Gasteiger partial charge in [-0.05, 0) is 64.2 Å². The van der Waals surface area contributed by atoms with Crippen molar-refractivity contribution >= 4 is 51.2 Å². The first kappa shape index (κ1) is 12.2. The summed E-state index contributed by atoms with van der Waals surface area (Å²) < 4.78 is 19.2. The summed E-state index contributed by atoms with van der Waals surface area (Å²) in [6, 6.07) is 2.58. The molecule has 0 spiro atoms. The molecule has 0 unspecified atom stereocenters. The summed E-state index contributed by atoms with van der Waals surface area (Å²) >= 11 is 3.98. The Morgan fingerprint density at radius 2 is 2.14 bits per heavy atom. The molecule has 2 nitrogen and oxygen atoms in total. The van der Waals surface area contributed by atoms with Crippen molar-refractivity contribution in [1.29, 1.82) is 0 Å². The highest BCUT2D eigenvalue weighted by Gasteiger charge is 2.14. The maximum atomic E-state index is 13.0. The normalized spacial score (nSPS) is 10.0. The van der Waals surface area contributed by atoms with Gasteiger partial charge >= 0.3 is 5.97 Å². The molecule has 0 saturated heterocycles. The molecule has 0 N–H and O–H groups in total. The Bertz CT molecular complexity index is 366. The quantitative estimate of drug-likeness (QED) is 0.418. The summed E-state index contributed by atoms with van der Waals surface area (Å²) in [5, 5.41) is 0. The Hall–Kier alpha value is 0.0800. The van der Waals surface area contributed by atoms with Crippen LogP contribution in [0.5, 0.6) is 0 Å². The largest absolute Gasteiger partial charge is 0.462 e. The van der Waals surface area contributed by atoms with E-state index in [1.165, 1.54) is 12.1 Å². The third kappa shape index (κ3) is 2.78. The molecule has 0 aliphatic heterocycles. The van der Waals surface area contributed by atoms with Gasteiger partial charge in [-0.15, -0.1) is 0 Å². The second-order valence-corrected chi connectivity index (χ2v) is 4.71. The fourth-order valence-electron chi connectivity index (χ4n) is 0.913. The summed E-state index contributed by atoms with van der Waals surface area (Å²) in [7, 11) is 0. The van der Waals surface area contributed by atoms with Crippen LogP contribution in [-0.2, 0) is 4.74 Å². The molecule has 0 radical (unpaired) electrons. The highest BCUT2D eigenvalue weighted by Crippen LogP contribution is 2.21. The summed E-state index contributed by atoms with van der Waals surface area (Å²) in [6.07, 6.45) is 0. The molecular weight excluding hydrogens is 413 g/mol. The third-order valence-electron chi connectivity index (χ3n) is 1.49. The number of esters is 1. The van der Waals surface area contributed by atoms with Crippen LogP contribution in [0.1, 0.15) is 17.3 Å². The van der Waals surface area contributed by atoms with Crippen molar-refractivity contribution in [2.75, 3.05) is 6.61 Å². The maximum absolute atomic E-state index is 13.0. The number of ether oxygens (including phenoxy) is 1. The molecule has 1 aromatic rings. The van der Waals surface area contributed by atoms with E-state index in [1.807, 2.05) is 45.2 Å². The lowest BCUT2D eigenvalue weighted by Crippen LogP contribution is -2.08. The Kier molecular flexibility index (Phi) is 4.55. The minimum Gasteiger partial charge on any atom is -0.462 e. The van der Waals surface area contributed by atoms with Crippen molar-refractivity contribution in [1.82, 2.24) is 0 Å². The zero-order valence-corrected chi connectivity index (χ0v) is 11.6. The number of carbonyl (C=O) groups excluding carboxylic acids is 1. The molecule has 5 heteroatoms. The highest BCUT2D eigenvalue weighted by atomic mass is 127. The molecule has 0 aromatic heterocycles. The molecule has 0 aliphatic rings. The van der Waals surface area contributed by atoms with Crippen LogP contribution in [0.2, 0.25) is 0 Å². The number of carbonyl (C=O) groups is 1. The molecule has 0 fully saturated rings. The molecule has 76 valence electrons. The molecule has 1 rings (SSSR count). The van der Waals surface area contributed by atoms with Gasteiger partial charge in [-0.1, -0.05) is 0 Å². The Morgan fingerprint density at radius 3 is 2.71 bits per heavy atom. The lowest BCUT2D eigenvalue weighted by atomic mass is 10.2. The molecule has 1 aromatic carbocycles. The topological polar surface area (TPSA) is 26.3 Å². The average Bonchev–Trinajstić information content (AvgIpc) is 2.11. The first-order chi connectivity index (χ1) is 6.56. The highest BCUT2D eigenvalue weighted by molar-refractivity contribution is 14.1. The van der Waals surface area contributed by atoms with E-state index >= 15 is 0 Å². The zero-order chi connectivity index (χ0) is 10.7. The van der Waals surface area contributed by atoms with Gasteiger partial charge in [0, 0.05) is 7.14 Å². The van der Waals surface area contributed by atoms with Gasteiger partial charge < -0.3 is 4.74 Å². The summed E-state index contributed by atoms with van der Waals surface area (Å²) in [5.74, 6) is -0.896. The van der Waals surface area contributed by atoms with Gasteiger partial charge in [0.25, 0.3) is 0 Å². The molecular formula is C9H7FI2O2. The fourth-order valence-corrected chi connectivity index (χ4v) is 2.03. The van der Waals surface area contributed by atoms with E-state index in [0.29, 0.717) is 10.2 Å². The average molecular weight is 420 g/mol. The lowest BCUT2D eigenvalue weighted by Gasteiger charge is -2.05. The molecule has 0 aliphatic carbocycles. The predicted molar refractivity (Wildman–Crippen MR) is 67.8 cm³/mol. The van der Waals surface area contributed by atoms with E-state index in [4.69, 9.17) is 4.74 Å². The smallest absolute Gasteiger partial charge is 0.339 e. The van der Waals surface area contributed by atoms with E-state index in [0.717, 1.165) is 3.57 Å². The second-order valence-electron chi connectivity index (χ2n) is 2.47. The Balaban J connectivity index is 3.13. The van der Waals surface area contributed by atoms with Crippen LogP contribution in [-0.4, -0.2) is 12.6 Å². The molecule has 14 heavy (non-hydrogen) atoms. The standard InChI is InChI=1S/C9H7FI2O2/c1-2-14-9(13)6-3-5(10)4-7(11)8(6)12/h3-4H,2H2,1H3. The first-order valence-electron chi connectivity index (χ1n) is 3.88. The van der Waals surface area contributed by atoms with Crippen molar-refractivity contribution in [2.45, 2.75) is 6.92 Å². The SMILES string of the molecule is CCOC(=O)c1cc(F)cc(I)c1I. The Morgan fingerprint density at radius 1 is 1.50 bits per heavy atom. The molecule has 0 heterocycles. The van der Waals surface area contributed by atoms with Crippen molar-refractivity contribution in [3.8, 4) is 0 Å². The van der Waals surface area contributed by atoms with Crippen LogP contribution >= 0.6 is 45.2 Å². The lowest BCUT2D eigenvalue weighted by molar-refractivity contribution is 0.0524. The third-order valence-corrected chi connectivity index (χ3v) is 4.53. The number of benzene rings is 1. The number of rotatable bonds is 2. The van der Waals surface area contributed by atoms with Crippen LogP contribution in [0.15, 0.2) is 12.1 Å². The van der Waals surface area contributed by atoms with E-state index in [-0.39, 0.29) is 5.56 Å². The van der Waals surface area contributed by atoms with Crippen molar-refractivity contribution < 1.29 is 13.9 Å². The van der Waals surface area contributed by atoms with Crippen molar-refractivity contribution in [2.24, 2.45) is 0 Å². The summed E-state index contributed by atoms with van der Waals surface area (Å²) in [4.78, 5) is 11.4. The predicted octanol–water partition coefficient (Wildman–Crippen LogP) is 3.21. The second kappa shape index (κ2) is 5.24. The van der Waals surface area contributed by atoms with Crippen LogP contribution in [0.4, 0.5) is 4.39 Å². The molecule has 0 saturated carbocycles. The fraction of sp³-hybridized carbons (Fsp3) is 0.222. The summed E-state index contributed by atoms with van der Waals surface area (Å²) in [5.41, 5.74) is 0.289. The molecule has 0 amide bonds. The van der Waals surface area contributed by atoms with Gasteiger partial charge in [0.05, 0.1) is 12.2 Å². The van der Waals surface area contributed by atoms with Gasteiger partial charge in [-0.25, -0.2) is 9.18 Å². The maximum Gasteiger partial charge on any atom is 0.339 e. The van der Waals surface area contributed by atoms with Crippen LogP contribution < -0.4 is 0 Å². The van der Waals surface area contributed by atoms with Crippen molar-refractivity contribution in [3.05, 3.63) is 30.7 Å². The number of hydrogen-bond donors (Lipinski definition) is 0. The minimum atomic E-state index is -0.477. The minimum absolute atomic E-state index is 0.289. The summed E-state index contributed by atoms with van der Waals surface area (Å²) in [6.45, 7) is 2.01. The van der Waals surface area contributed by atoms with Gasteiger partial charge in [0.15, 0.2) is 0 Å². The van der Waals surface area contributed by atoms with Gasteiger partial charge in [-0.2, -0.15) is 0 Å². The van der Waals surface area contributed by atoms with Gasteiger partial charge in [0.2, 0.25) is 0 Å². The van der Waals surface area contributed by atoms with E-state index in [1.54, 1.807) is 6.92 Å². The number of halogens is 3. The van der Waals surface area contributed by atoms with E-state index in [2.05, 4.69) is 0 Å². The van der Waals surface area contributed by atoms with Gasteiger partial charge in [0.1, 0.15) is 5.82 Å². The monoisotopic (exact) mass is 420 g/mol. The van der Waals surface area contributed by atoms with E-state index < -0.39 is 11.8 Å². The Labute approximate surface area is 108 Å². The first-order valence-corrected chi connectivity index (χ1v) is 6.03. The van der Waals surface area contributed by atoms with Gasteiger partial charge in [-0.3, -0.25) is 0 Å².